The molecule has 0 unspecified atom stereocenters. The molecule has 0 N–H and O–H groups in total. The number of alkyl halides is 3. The fraction of sp³-hybridized carbons (Fsp3) is 0.375. The predicted octanol–water partition coefficient (Wildman–Crippen LogP) is 5.29. The van der Waals surface area contributed by atoms with Gasteiger partial charge in [0.2, 0.25) is 5.91 Å². The Kier molecular flexibility index (Phi) is 9.47. The third kappa shape index (κ3) is 7.22. The minimum absolute atomic E-state index is 0.0563. The molecular weight excluding hydrogens is 628 g/mol. The van der Waals surface area contributed by atoms with Gasteiger partial charge in [0.05, 0.1) is 47.2 Å². The fourth-order valence-electron chi connectivity index (χ4n) is 5.61. The van der Waals surface area contributed by atoms with Gasteiger partial charge in [-0.15, -0.1) is 0 Å². The molecule has 1 atom stereocenters. The number of hydrogen-bond acceptors (Lipinski definition) is 7. The minimum Gasteiger partial charge on any atom is -0.494 e. The van der Waals surface area contributed by atoms with Crippen LogP contribution < -0.4 is 10.3 Å². The second-order valence-corrected chi connectivity index (χ2v) is 13.5. The second kappa shape index (κ2) is 13.2. The molecule has 244 valence electrons. The summed E-state index contributed by atoms with van der Waals surface area (Å²) in [6.07, 6.45) is -3.42. The van der Waals surface area contributed by atoms with Crippen molar-refractivity contribution in [3.8, 4) is 11.4 Å². The van der Waals surface area contributed by atoms with Crippen molar-refractivity contribution >= 4 is 26.8 Å². The van der Waals surface area contributed by atoms with Gasteiger partial charge >= 0.3 is 6.18 Å². The van der Waals surface area contributed by atoms with Gasteiger partial charge in [0.25, 0.3) is 5.56 Å². The standard InChI is InChI=1S/C32H32F4N4O5S/c1-3-45-24-9-7-23(8-10-24)40-30(38-29-25(31(40)42)5-4-14-37-29)20(2)39(19-21-12-15-46(43,44)16-13-21)28(41)18-22-6-11-27(33)26(17-22)32(34,35)36/h4-11,14,17,20-21H,3,12-13,15-16,18-19H2,1-2H3/t20-/m0/s1. The Bertz CT molecular complexity index is 1900. The highest BCUT2D eigenvalue weighted by molar-refractivity contribution is 7.91. The van der Waals surface area contributed by atoms with Gasteiger partial charge in [-0.05, 0) is 86.7 Å². The van der Waals surface area contributed by atoms with Gasteiger partial charge in [0.15, 0.2) is 5.65 Å². The van der Waals surface area contributed by atoms with E-state index in [4.69, 9.17) is 4.74 Å². The Labute approximate surface area is 262 Å². The van der Waals surface area contributed by atoms with E-state index in [2.05, 4.69) is 9.97 Å². The van der Waals surface area contributed by atoms with Crippen molar-refractivity contribution in [3.63, 3.8) is 0 Å². The van der Waals surface area contributed by atoms with Crippen molar-refractivity contribution in [1.29, 1.82) is 0 Å². The van der Waals surface area contributed by atoms with Crippen LogP contribution in [0.3, 0.4) is 0 Å². The van der Waals surface area contributed by atoms with Gasteiger partial charge in [0, 0.05) is 12.7 Å². The quantitative estimate of drug-likeness (QED) is 0.224. The Morgan fingerprint density at radius 1 is 1.11 bits per heavy atom. The summed E-state index contributed by atoms with van der Waals surface area (Å²) < 4.78 is 85.5. The number of pyridine rings is 1. The van der Waals surface area contributed by atoms with E-state index in [0.29, 0.717) is 30.2 Å². The summed E-state index contributed by atoms with van der Waals surface area (Å²) in [7, 11) is -3.22. The molecule has 2 aromatic carbocycles. The summed E-state index contributed by atoms with van der Waals surface area (Å²) in [4.78, 5) is 38.2. The number of halogens is 4. The molecule has 1 amide bonds. The molecular formula is C32H32F4N4O5S. The highest BCUT2D eigenvalue weighted by Crippen LogP contribution is 2.33. The number of nitrogens with zero attached hydrogens (tertiary/aromatic N) is 4. The molecule has 46 heavy (non-hydrogen) atoms. The smallest absolute Gasteiger partial charge is 0.419 e. The highest BCUT2D eigenvalue weighted by atomic mass is 32.2. The van der Waals surface area contributed by atoms with Crippen LogP contribution in [0.5, 0.6) is 5.75 Å². The zero-order valence-corrected chi connectivity index (χ0v) is 25.9. The monoisotopic (exact) mass is 660 g/mol. The SMILES string of the molecule is CCOc1ccc(-n2c([C@H](C)N(CC3CCS(=O)(=O)CC3)C(=O)Cc3ccc(F)c(C(F)(F)F)c3)nc3ncccc3c2=O)cc1. The maximum Gasteiger partial charge on any atom is 0.419 e. The first-order valence-electron chi connectivity index (χ1n) is 14.7. The topological polar surface area (TPSA) is 111 Å². The number of carbonyl (C=O) groups excluding carboxylic acids is 1. The Morgan fingerprint density at radius 3 is 2.46 bits per heavy atom. The average molecular weight is 661 g/mol. The van der Waals surface area contributed by atoms with Gasteiger partial charge in [-0.25, -0.2) is 22.8 Å². The first kappa shape index (κ1) is 33.0. The Balaban J connectivity index is 1.59. The molecule has 4 aromatic rings. The molecule has 1 aliphatic rings. The summed E-state index contributed by atoms with van der Waals surface area (Å²) in [5.74, 6) is -1.69. The number of aromatic nitrogens is 3. The third-order valence-electron chi connectivity index (χ3n) is 8.06. The first-order chi connectivity index (χ1) is 21.8. The molecule has 2 aromatic heterocycles. The lowest BCUT2D eigenvalue weighted by molar-refractivity contribution is -0.140. The number of rotatable bonds is 9. The number of hydrogen-bond donors (Lipinski definition) is 0. The molecule has 9 nitrogen and oxygen atoms in total. The molecule has 5 rings (SSSR count). The van der Waals surface area contributed by atoms with Crippen LogP contribution in [0.1, 0.15) is 49.7 Å². The van der Waals surface area contributed by atoms with E-state index in [1.165, 1.54) is 15.7 Å². The van der Waals surface area contributed by atoms with Crippen LogP contribution in [-0.2, 0) is 27.2 Å². The molecule has 14 heteroatoms. The number of amides is 1. The summed E-state index contributed by atoms with van der Waals surface area (Å²) >= 11 is 0. The molecule has 0 radical (unpaired) electrons. The second-order valence-electron chi connectivity index (χ2n) is 11.2. The highest BCUT2D eigenvalue weighted by Gasteiger charge is 2.35. The first-order valence-corrected chi connectivity index (χ1v) is 16.6. The van der Waals surface area contributed by atoms with E-state index in [-0.39, 0.29) is 59.2 Å². The van der Waals surface area contributed by atoms with Gasteiger partial charge < -0.3 is 9.64 Å². The minimum atomic E-state index is -4.96. The van der Waals surface area contributed by atoms with E-state index in [1.807, 2.05) is 6.92 Å². The van der Waals surface area contributed by atoms with Crippen molar-refractivity contribution in [3.05, 3.63) is 93.9 Å². The largest absolute Gasteiger partial charge is 0.494 e. The molecule has 0 aliphatic carbocycles. The lowest BCUT2D eigenvalue weighted by Crippen LogP contribution is -2.42. The zero-order chi connectivity index (χ0) is 33.2. The lowest BCUT2D eigenvalue weighted by Gasteiger charge is -2.34. The van der Waals surface area contributed by atoms with Gasteiger partial charge in [-0.2, -0.15) is 13.2 Å². The fourth-order valence-corrected chi connectivity index (χ4v) is 7.20. The molecule has 0 spiro atoms. The van der Waals surface area contributed by atoms with E-state index < -0.39 is 51.3 Å². The van der Waals surface area contributed by atoms with E-state index in [0.717, 1.165) is 6.07 Å². The van der Waals surface area contributed by atoms with Crippen molar-refractivity contribution in [2.24, 2.45) is 5.92 Å². The van der Waals surface area contributed by atoms with E-state index in [9.17, 15) is 35.6 Å². The molecule has 3 heterocycles. The number of fused-ring (bicyclic) bond motifs is 1. The normalized spacial score (nSPS) is 15.9. The summed E-state index contributed by atoms with van der Waals surface area (Å²) in [5, 5.41) is 0.230. The molecule has 1 fully saturated rings. The summed E-state index contributed by atoms with van der Waals surface area (Å²) in [6, 6.07) is 11.4. The number of sulfone groups is 1. The number of benzene rings is 2. The van der Waals surface area contributed by atoms with Crippen LogP contribution in [0.25, 0.3) is 16.7 Å². The summed E-state index contributed by atoms with van der Waals surface area (Å²) in [6.45, 7) is 3.97. The molecule has 1 saturated heterocycles. The van der Waals surface area contributed by atoms with E-state index >= 15 is 0 Å². The molecule has 1 aliphatic heterocycles. The van der Waals surface area contributed by atoms with Crippen LogP contribution in [0.15, 0.2) is 65.6 Å². The van der Waals surface area contributed by atoms with Crippen molar-refractivity contribution in [2.45, 2.75) is 45.3 Å². The van der Waals surface area contributed by atoms with Crippen molar-refractivity contribution < 1.29 is 35.5 Å². The van der Waals surface area contributed by atoms with Gasteiger partial charge in [-0.3, -0.25) is 14.2 Å². The van der Waals surface area contributed by atoms with Crippen LogP contribution >= 0.6 is 0 Å². The number of ether oxygens (including phenoxy) is 1. The van der Waals surface area contributed by atoms with Gasteiger partial charge in [-0.1, -0.05) is 6.07 Å². The average Bonchev–Trinajstić information content (AvgIpc) is 3.01. The van der Waals surface area contributed by atoms with Crippen LogP contribution in [0, 0.1) is 11.7 Å². The molecule has 0 bridgehead atoms. The van der Waals surface area contributed by atoms with Crippen LogP contribution in [-0.4, -0.2) is 58.4 Å². The molecule has 0 saturated carbocycles. The third-order valence-corrected chi connectivity index (χ3v) is 9.77. The zero-order valence-electron chi connectivity index (χ0n) is 25.1. The number of carbonyl (C=O) groups is 1. The van der Waals surface area contributed by atoms with Crippen molar-refractivity contribution in [1.82, 2.24) is 19.4 Å². The Hall–Kier alpha value is -4.33. The lowest BCUT2D eigenvalue weighted by atomic mass is 10.00. The van der Waals surface area contributed by atoms with E-state index in [1.54, 1.807) is 43.3 Å². The maximum absolute atomic E-state index is 14.0. The maximum atomic E-state index is 14.0. The summed E-state index contributed by atoms with van der Waals surface area (Å²) in [5.41, 5.74) is -1.42. The van der Waals surface area contributed by atoms with Crippen LogP contribution in [0.4, 0.5) is 17.6 Å². The Morgan fingerprint density at radius 2 is 1.80 bits per heavy atom. The van der Waals surface area contributed by atoms with Crippen molar-refractivity contribution in [2.75, 3.05) is 24.7 Å². The van der Waals surface area contributed by atoms with Crippen LogP contribution in [0.2, 0.25) is 0 Å². The predicted molar refractivity (Wildman–Crippen MR) is 163 cm³/mol. The van der Waals surface area contributed by atoms with Gasteiger partial charge in [0.1, 0.15) is 27.2 Å².